The maximum absolute atomic E-state index is 5.42. The molecule has 0 heterocycles. The highest BCUT2D eigenvalue weighted by atomic mass is 16.5. The fourth-order valence-electron chi connectivity index (χ4n) is 1.34. The van der Waals surface area contributed by atoms with Crippen LogP contribution in [-0.4, -0.2) is 58.0 Å². The summed E-state index contributed by atoms with van der Waals surface area (Å²) in [5, 5.41) is 0. The summed E-state index contributed by atoms with van der Waals surface area (Å²) in [6.07, 6.45) is 0. The summed E-state index contributed by atoms with van der Waals surface area (Å²) < 4.78 is 10.6. The monoisotopic (exact) mass is 218 g/mol. The van der Waals surface area contributed by atoms with Crippen molar-refractivity contribution < 1.29 is 9.47 Å². The van der Waals surface area contributed by atoms with Gasteiger partial charge in [-0.3, -0.25) is 0 Å². The van der Waals surface area contributed by atoms with Gasteiger partial charge >= 0.3 is 0 Å². The first kappa shape index (κ1) is 14.8. The number of ether oxygens (including phenoxy) is 2. The van der Waals surface area contributed by atoms with Gasteiger partial charge in [0.25, 0.3) is 0 Å². The predicted molar refractivity (Wildman–Crippen MR) is 63.0 cm³/mol. The highest BCUT2D eigenvalue weighted by molar-refractivity contribution is 4.53. The first-order valence-electron chi connectivity index (χ1n) is 5.71. The molecule has 0 aromatic heterocycles. The Morgan fingerprint density at radius 3 is 2.20 bits per heavy atom. The average molecular weight is 218 g/mol. The van der Waals surface area contributed by atoms with Crippen LogP contribution in [0.3, 0.4) is 0 Å². The van der Waals surface area contributed by atoms with Gasteiger partial charge in [0.2, 0.25) is 0 Å². The largest absolute Gasteiger partial charge is 0.378 e. The Morgan fingerprint density at radius 2 is 1.67 bits per heavy atom. The molecule has 0 aliphatic heterocycles. The van der Waals surface area contributed by atoms with E-state index in [4.69, 9.17) is 15.2 Å². The van der Waals surface area contributed by atoms with Crippen LogP contribution in [0.25, 0.3) is 0 Å². The van der Waals surface area contributed by atoms with E-state index in [2.05, 4.69) is 25.8 Å². The van der Waals surface area contributed by atoms with Gasteiger partial charge in [-0.05, 0) is 13.0 Å². The van der Waals surface area contributed by atoms with Crippen LogP contribution < -0.4 is 5.73 Å². The first-order chi connectivity index (χ1) is 7.16. The lowest BCUT2D eigenvalue weighted by Gasteiger charge is -2.18. The van der Waals surface area contributed by atoms with E-state index in [0.29, 0.717) is 32.3 Å². The van der Waals surface area contributed by atoms with Crippen molar-refractivity contribution >= 4 is 0 Å². The molecule has 0 spiro atoms. The number of nitrogens with two attached hydrogens (primary N) is 1. The van der Waals surface area contributed by atoms with E-state index in [9.17, 15) is 0 Å². The molecule has 0 rings (SSSR count). The Kier molecular flexibility index (Phi) is 10.3. The molecule has 0 bridgehead atoms. The van der Waals surface area contributed by atoms with E-state index in [-0.39, 0.29) is 0 Å². The number of nitrogens with zero attached hydrogens (tertiary/aromatic N) is 1. The van der Waals surface area contributed by atoms with E-state index < -0.39 is 0 Å². The Morgan fingerprint density at radius 1 is 1.07 bits per heavy atom. The number of rotatable bonds is 10. The molecule has 92 valence electrons. The summed E-state index contributed by atoms with van der Waals surface area (Å²) in [5.41, 5.74) is 5.28. The number of hydrogen-bond donors (Lipinski definition) is 1. The molecular formula is C11H26N2O2. The normalized spacial score (nSPS) is 11.6. The van der Waals surface area contributed by atoms with Crippen molar-refractivity contribution in [3.05, 3.63) is 0 Å². The molecule has 4 heteroatoms. The van der Waals surface area contributed by atoms with Crippen LogP contribution in [0, 0.1) is 5.92 Å². The second kappa shape index (κ2) is 10.4. The third-order valence-electron chi connectivity index (χ3n) is 1.93. The smallest absolute Gasteiger partial charge is 0.0701 e. The molecule has 0 radical (unpaired) electrons. The second-order valence-electron chi connectivity index (χ2n) is 4.17. The van der Waals surface area contributed by atoms with Crippen LogP contribution in [0.4, 0.5) is 0 Å². The summed E-state index contributed by atoms with van der Waals surface area (Å²) in [4.78, 5) is 2.28. The van der Waals surface area contributed by atoms with Crippen molar-refractivity contribution in [3.63, 3.8) is 0 Å². The van der Waals surface area contributed by atoms with Gasteiger partial charge in [0.1, 0.15) is 0 Å². The zero-order chi connectivity index (χ0) is 11.5. The van der Waals surface area contributed by atoms with E-state index >= 15 is 0 Å². The van der Waals surface area contributed by atoms with Gasteiger partial charge in [0.05, 0.1) is 26.4 Å². The van der Waals surface area contributed by atoms with E-state index in [0.717, 1.165) is 19.7 Å². The summed E-state index contributed by atoms with van der Waals surface area (Å²) in [6.45, 7) is 9.82. The Bertz CT molecular complexity index is 132. The summed E-state index contributed by atoms with van der Waals surface area (Å²) in [7, 11) is 2.12. The molecule has 0 aromatic rings. The maximum atomic E-state index is 5.42. The third-order valence-corrected chi connectivity index (χ3v) is 1.93. The topological polar surface area (TPSA) is 47.7 Å². The van der Waals surface area contributed by atoms with Crippen LogP contribution in [0.1, 0.15) is 13.8 Å². The van der Waals surface area contributed by atoms with Crippen molar-refractivity contribution in [2.75, 3.05) is 53.1 Å². The van der Waals surface area contributed by atoms with Crippen molar-refractivity contribution in [1.29, 1.82) is 0 Å². The van der Waals surface area contributed by atoms with Crippen LogP contribution in [-0.2, 0) is 9.47 Å². The third kappa shape index (κ3) is 11.8. The van der Waals surface area contributed by atoms with Crippen molar-refractivity contribution in [1.82, 2.24) is 4.90 Å². The van der Waals surface area contributed by atoms with Gasteiger partial charge in [-0.15, -0.1) is 0 Å². The highest BCUT2D eigenvalue weighted by Gasteiger charge is 2.00. The van der Waals surface area contributed by atoms with E-state index in [1.54, 1.807) is 0 Å². The van der Waals surface area contributed by atoms with Crippen LogP contribution >= 0.6 is 0 Å². The van der Waals surface area contributed by atoms with Crippen molar-refractivity contribution in [2.24, 2.45) is 11.7 Å². The van der Waals surface area contributed by atoms with Gasteiger partial charge < -0.3 is 20.1 Å². The minimum atomic E-state index is 0.580. The zero-order valence-electron chi connectivity index (χ0n) is 10.4. The Labute approximate surface area is 93.7 Å². The van der Waals surface area contributed by atoms with Gasteiger partial charge in [-0.25, -0.2) is 0 Å². The van der Waals surface area contributed by atoms with Gasteiger partial charge in [0.15, 0.2) is 0 Å². The lowest BCUT2D eigenvalue weighted by molar-refractivity contribution is 0.0426. The average Bonchev–Trinajstić information content (AvgIpc) is 2.15. The molecule has 0 fully saturated rings. The number of hydrogen-bond acceptors (Lipinski definition) is 4. The molecule has 0 aromatic carbocycles. The second-order valence-corrected chi connectivity index (χ2v) is 4.17. The fraction of sp³-hybridized carbons (Fsp3) is 1.00. The Hall–Kier alpha value is -0.160. The number of likely N-dealkylation sites (N-methyl/N-ethyl adjacent to an activating group) is 1. The molecule has 0 saturated carbocycles. The van der Waals surface area contributed by atoms with E-state index in [1.807, 2.05) is 0 Å². The van der Waals surface area contributed by atoms with Gasteiger partial charge in [-0.2, -0.15) is 0 Å². The SMILES string of the molecule is CC(C)CN(C)CCOCCOCCN. The zero-order valence-corrected chi connectivity index (χ0v) is 10.4. The van der Waals surface area contributed by atoms with Crippen LogP contribution in [0.15, 0.2) is 0 Å². The molecule has 0 aliphatic carbocycles. The molecule has 0 amide bonds. The van der Waals surface area contributed by atoms with Gasteiger partial charge in [-0.1, -0.05) is 13.8 Å². The predicted octanol–water partition coefficient (Wildman–Crippen LogP) is 0.566. The minimum Gasteiger partial charge on any atom is -0.378 e. The summed E-state index contributed by atoms with van der Waals surface area (Å²) >= 11 is 0. The highest BCUT2D eigenvalue weighted by Crippen LogP contribution is 1.94. The lowest BCUT2D eigenvalue weighted by Crippen LogP contribution is -2.27. The Balaban J connectivity index is 3.09. The standard InChI is InChI=1S/C11H26N2O2/c1-11(2)10-13(3)5-7-15-9-8-14-6-4-12/h11H,4-10,12H2,1-3H3. The molecule has 0 aliphatic rings. The lowest BCUT2D eigenvalue weighted by atomic mass is 10.2. The molecular weight excluding hydrogens is 192 g/mol. The maximum Gasteiger partial charge on any atom is 0.0701 e. The molecule has 15 heavy (non-hydrogen) atoms. The van der Waals surface area contributed by atoms with Crippen molar-refractivity contribution in [3.8, 4) is 0 Å². The quantitative estimate of drug-likeness (QED) is 0.545. The minimum absolute atomic E-state index is 0.580. The molecule has 0 atom stereocenters. The summed E-state index contributed by atoms with van der Waals surface area (Å²) in [6, 6.07) is 0. The molecule has 0 saturated heterocycles. The first-order valence-corrected chi connectivity index (χ1v) is 5.71. The van der Waals surface area contributed by atoms with Gasteiger partial charge in [0, 0.05) is 19.6 Å². The van der Waals surface area contributed by atoms with Crippen LogP contribution in [0.5, 0.6) is 0 Å². The van der Waals surface area contributed by atoms with E-state index in [1.165, 1.54) is 0 Å². The van der Waals surface area contributed by atoms with Crippen molar-refractivity contribution in [2.45, 2.75) is 13.8 Å². The van der Waals surface area contributed by atoms with Crippen LogP contribution in [0.2, 0.25) is 0 Å². The molecule has 4 nitrogen and oxygen atoms in total. The molecule has 2 N–H and O–H groups in total. The fourth-order valence-corrected chi connectivity index (χ4v) is 1.34. The summed E-state index contributed by atoms with van der Waals surface area (Å²) in [5.74, 6) is 0.711. The molecule has 0 unspecified atom stereocenters.